The fourth-order valence-electron chi connectivity index (χ4n) is 4.39. The molecule has 0 aliphatic carbocycles. The first-order valence-electron chi connectivity index (χ1n) is 14.2. The quantitative estimate of drug-likeness (QED) is 0.135. The smallest absolute Gasteiger partial charge is 0.338 e. The fraction of sp³-hybridized carbons (Fsp3) is 0.200. The maximum Gasteiger partial charge on any atom is 0.338 e. The number of aromatic hydroxyl groups is 3. The molecule has 0 unspecified atom stereocenters. The van der Waals surface area contributed by atoms with Gasteiger partial charge in [-0.05, 0) is 90.0 Å². The number of carbonyl (C=O) groups is 2. The van der Waals surface area contributed by atoms with Crippen molar-refractivity contribution in [3.63, 3.8) is 0 Å². The minimum atomic E-state index is -1.42. The molecule has 0 heterocycles. The molecule has 47 heavy (non-hydrogen) atoms. The number of benzene rings is 4. The molecular formula is C35H34O12. The summed E-state index contributed by atoms with van der Waals surface area (Å²) in [5, 5.41) is 40.6. The van der Waals surface area contributed by atoms with Gasteiger partial charge in [-0.15, -0.1) is 0 Å². The molecule has 246 valence electrons. The minimum absolute atomic E-state index is 0.0231. The minimum Gasteiger partial charge on any atom is -0.508 e. The number of methoxy groups -OCH3 is 3. The van der Waals surface area contributed by atoms with E-state index in [0.717, 1.165) is 0 Å². The largest absolute Gasteiger partial charge is 0.508 e. The van der Waals surface area contributed by atoms with Crippen molar-refractivity contribution in [1.82, 2.24) is 0 Å². The summed E-state index contributed by atoms with van der Waals surface area (Å²) in [6, 6.07) is 18.7. The Morgan fingerprint density at radius 3 is 1.74 bits per heavy atom. The topological polar surface area (TPSA) is 170 Å². The number of rotatable bonds is 14. The van der Waals surface area contributed by atoms with Crippen LogP contribution in [0.15, 0.2) is 84.9 Å². The van der Waals surface area contributed by atoms with Gasteiger partial charge in [-0.1, -0.05) is 12.1 Å². The molecule has 0 fully saturated rings. The summed E-state index contributed by atoms with van der Waals surface area (Å²) in [5.41, 5.74) is 1.30. The average molecular weight is 647 g/mol. The summed E-state index contributed by atoms with van der Waals surface area (Å²) >= 11 is 0. The summed E-state index contributed by atoms with van der Waals surface area (Å²) in [6.07, 6.45) is 0.632. The van der Waals surface area contributed by atoms with Crippen LogP contribution in [0.2, 0.25) is 0 Å². The number of aliphatic hydroxyl groups excluding tert-OH is 1. The van der Waals surface area contributed by atoms with Gasteiger partial charge in [-0.3, -0.25) is 0 Å². The molecule has 0 aliphatic rings. The van der Waals surface area contributed by atoms with Gasteiger partial charge in [0.15, 0.2) is 29.1 Å². The lowest BCUT2D eigenvalue weighted by molar-refractivity contribution is -0.0175. The number of hydrogen-bond acceptors (Lipinski definition) is 12. The van der Waals surface area contributed by atoms with Crippen molar-refractivity contribution in [2.75, 3.05) is 34.5 Å². The molecule has 0 amide bonds. The number of hydrogen-bond donors (Lipinski definition) is 4. The Kier molecular flexibility index (Phi) is 11.5. The van der Waals surface area contributed by atoms with Crippen LogP contribution < -0.4 is 18.9 Å². The lowest BCUT2D eigenvalue weighted by atomic mass is 10.0. The molecular weight excluding hydrogens is 612 g/mol. The van der Waals surface area contributed by atoms with Crippen LogP contribution in [0.3, 0.4) is 0 Å². The standard InChI is InChI=1S/C35H34O12/c1-42-28-15-10-24(19-27(28)38)32(39)31(20-46-35(41)23-8-13-26(37)14-9-23)47-33-29(43-2)17-21(18-30(33)44-3)5-4-16-45-34(40)22-6-11-25(36)12-7-22/h4-15,17-19,31-32,36-39H,16,20H2,1-3H3/b5-4+/t31-,32-/m0/s1. The van der Waals surface area contributed by atoms with Crippen molar-refractivity contribution in [2.45, 2.75) is 12.2 Å². The molecule has 0 aromatic heterocycles. The fourth-order valence-corrected chi connectivity index (χ4v) is 4.39. The molecule has 0 radical (unpaired) electrons. The van der Waals surface area contributed by atoms with Gasteiger partial charge in [-0.25, -0.2) is 9.59 Å². The van der Waals surface area contributed by atoms with E-state index in [0.29, 0.717) is 5.56 Å². The number of esters is 2. The van der Waals surface area contributed by atoms with Crippen molar-refractivity contribution in [1.29, 1.82) is 0 Å². The summed E-state index contributed by atoms with van der Waals surface area (Å²) in [4.78, 5) is 25.0. The summed E-state index contributed by atoms with van der Waals surface area (Å²) < 4.78 is 33.2. The normalized spacial score (nSPS) is 12.2. The molecule has 2 atom stereocenters. The van der Waals surface area contributed by atoms with Crippen LogP contribution in [0, 0.1) is 0 Å². The molecule has 4 aromatic rings. The van der Waals surface area contributed by atoms with E-state index in [1.165, 1.54) is 88.1 Å². The summed E-state index contributed by atoms with van der Waals surface area (Å²) in [7, 11) is 4.21. The second kappa shape index (κ2) is 15.9. The molecule has 0 saturated heterocycles. The SMILES string of the molecule is COc1ccc([C@H](O)[C@H](COC(=O)c2ccc(O)cc2)Oc2c(OC)cc(/C=C/COC(=O)c3ccc(O)cc3)cc2OC)cc1O. The second-order valence-electron chi connectivity index (χ2n) is 9.98. The Morgan fingerprint density at radius 1 is 0.702 bits per heavy atom. The molecule has 4 aromatic carbocycles. The Labute approximate surface area is 270 Å². The molecule has 0 saturated carbocycles. The zero-order valence-electron chi connectivity index (χ0n) is 25.8. The van der Waals surface area contributed by atoms with E-state index in [2.05, 4.69) is 0 Å². The van der Waals surface area contributed by atoms with Crippen LogP contribution in [-0.4, -0.2) is 73.0 Å². The maximum atomic E-state index is 12.8. The van der Waals surface area contributed by atoms with Crippen molar-refractivity contribution in [2.24, 2.45) is 0 Å². The number of phenols is 3. The van der Waals surface area contributed by atoms with E-state index < -0.39 is 30.8 Å². The summed E-state index contributed by atoms with van der Waals surface area (Å²) in [6.45, 7) is -0.480. The first-order chi connectivity index (χ1) is 22.6. The average Bonchev–Trinajstić information content (AvgIpc) is 3.08. The first kappa shape index (κ1) is 34.0. The lowest BCUT2D eigenvalue weighted by Gasteiger charge is -2.26. The van der Waals surface area contributed by atoms with E-state index in [4.69, 9.17) is 28.4 Å². The van der Waals surface area contributed by atoms with Gasteiger partial charge in [0.25, 0.3) is 0 Å². The maximum absolute atomic E-state index is 12.8. The molecule has 0 spiro atoms. The van der Waals surface area contributed by atoms with Gasteiger partial charge in [0.05, 0.1) is 32.5 Å². The van der Waals surface area contributed by atoms with Crippen molar-refractivity contribution < 1.29 is 58.4 Å². The lowest BCUT2D eigenvalue weighted by Crippen LogP contribution is -2.32. The van der Waals surface area contributed by atoms with E-state index in [9.17, 15) is 30.0 Å². The number of phenolic OH excluding ortho intramolecular Hbond substituents is 3. The van der Waals surface area contributed by atoms with E-state index >= 15 is 0 Å². The number of aliphatic hydroxyl groups is 1. The Morgan fingerprint density at radius 2 is 1.23 bits per heavy atom. The van der Waals surface area contributed by atoms with Crippen molar-refractivity contribution >= 4 is 18.0 Å². The molecule has 0 aliphatic heterocycles. The molecule has 4 N–H and O–H groups in total. The van der Waals surface area contributed by atoms with Crippen LogP contribution in [0.25, 0.3) is 6.08 Å². The van der Waals surface area contributed by atoms with E-state index in [1.54, 1.807) is 24.3 Å². The van der Waals surface area contributed by atoms with Crippen LogP contribution in [0.1, 0.15) is 37.9 Å². The third-order valence-electron chi connectivity index (χ3n) is 6.85. The van der Waals surface area contributed by atoms with Crippen LogP contribution in [0.5, 0.6) is 40.2 Å². The zero-order chi connectivity index (χ0) is 33.9. The highest BCUT2D eigenvalue weighted by molar-refractivity contribution is 5.90. The Bertz CT molecular complexity index is 1670. The summed E-state index contributed by atoms with van der Waals surface area (Å²) in [5.74, 6) is -0.785. The third kappa shape index (κ3) is 8.86. The Hall–Kier alpha value is -5.88. The Balaban J connectivity index is 1.56. The first-order valence-corrected chi connectivity index (χ1v) is 14.2. The van der Waals surface area contributed by atoms with Crippen molar-refractivity contribution in [3.8, 4) is 40.2 Å². The van der Waals surface area contributed by atoms with Crippen molar-refractivity contribution in [3.05, 3.63) is 107 Å². The molecule has 12 nitrogen and oxygen atoms in total. The molecule has 0 bridgehead atoms. The second-order valence-corrected chi connectivity index (χ2v) is 9.98. The highest BCUT2D eigenvalue weighted by Gasteiger charge is 2.29. The monoisotopic (exact) mass is 646 g/mol. The highest BCUT2D eigenvalue weighted by Crippen LogP contribution is 2.41. The van der Waals surface area contributed by atoms with Gasteiger partial charge in [0.2, 0.25) is 5.75 Å². The van der Waals surface area contributed by atoms with E-state index in [1.807, 2.05) is 0 Å². The van der Waals surface area contributed by atoms with Gasteiger partial charge in [-0.2, -0.15) is 0 Å². The van der Waals surface area contributed by atoms with Gasteiger partial charge < -0.3 is 48.8 Å². The van der Waals surface area contributed by atoms with Gasteiger partial charge in [0.1, 0.15) is 30.8 Å². The van der Waals surface area contributed by atoms with Crippen LogP contribution in [-0.2, 0) is 9.47 Å². The number of carbonyl (C=O) groups excluding carboxylic acids is 2. The third-order valence-corrected chi connectivity index (χ3v) is 6.85. The predicted molar refractivity (Wildman–Crippen MR) is 169 cm³/mol. The highest BCUT2D eigenvalue weighted by atomic mass is 16.6. The van der Waals surface area contributed by atoms with E-state index in [-0.39, 0.29) is 63.5 Å². The zero-order valence-corrected chi connectivity index (χ0v) is 25.8. The molecule has 4 rings (SSSR count). The van der Waals surface area contributed by atoms with Crippen LogP contribution >= 0.6 is 0 Å². The number of ether oxygens (including phenoxy) is 6. The molecule has 12 heteroatoms. The van der Waals surface area contributed by atoms with Crippen LogP contribution in [0.4, 0.5) is 0 Å². The van der Waals surface area contributed by atoms with Gasteiger partial charge in [0, 0.05) is 0 Å². The predicted octanol–water partition coefficient (Wildman–Crippen LogP) is 5.04. The van der Waals surface area contributed by atoms with Gasteiger partial charge >= 0.3 is 11.9 Å².